The predicted molar refractivity (Wildman–Crippen MR) is 65.7 cm³/mol. The molecular formula is C13H21N3O. The molecule has 0 radical (unpaired) electrons. The number of oxazole rings is 1. The van der Waals surface area contributed by atoms with Crippen molar-refractivity contribution in [3.63, 3.8) is 0 Å². The number of aromatic nitrogens is 1. The van der Waals surface area contributed by atoms with Gasteiger partial charge in [0.15, 0.2) is 0 Å². The molecule has 0 bridgehead atoms. The molecule has 1 aromatic rings. The Bertz CT molecular complexity index is 376. The summed E-state index contributed by atoms with van der Waals surface area (Å²) in [5.41, 5.74) is 0. The fraction of sp³-hybridized carbons (Fsp3) is 0.769. The Morgan fingerprint density at radius 2 is 2.24 bits per heavy atom. The number of nitrogens with zero attached hydrogens (tertiary/aromatic N) is 3. The Morgan fingerprint density at radius 1 is 1.35 bits per heavy atom. The zero-order valence-electron chi connectivity index (χ0n) is 10.6. The largest absolute Gasteiger partial charge is 0.445 e. The molecule has 0 aromatic carbocycles. The van der Waals surface area contributed by atoms with E-state index in [1.807, 2.05) is 13.1 Å². The van der Waals surface area contributed by atoms with Crippen molar-refractivity contribution in [2.75, 3.05) is 26.2 Å². The van der Waals surface area contributed by atoms with Crippen molar-refractivity contribution < 1.29 is 4.42 Å². The zero-order valence-corrected chi connectivity index (χ0v) is 10.6. The average Bonchev–Trinajstić information content (AvgIpc) is 2.85. The molecule has 0 spiro atoms. The van der Waals surface area contributed by atoms with Gasteiger partial charge in [0.05, 0.1) is 12.7 Å². The summed E-state index contributed by atoms with van der Waals surface area (Å²) in [6.45, 7) is 7.76. The van der Waals surface area contributed by atoms with E-state index in [-0.39, 0.29) is 0 Å². The third kappa shape index (κ3) is 2.53. The van der Waals surface area contributed by atoms with E-state index >= 15 is 0 Å². The first-order valence-electron chi connectivity index (χ1n) is 6.69. The molecule has 1 atom stereocenters. The van der Waals surface area contributed by atoms with Gasteiger partial charge in [0, 0.05) is 12.6 Å². The summed E-state index contributed by atoms with van der Waals surface area (Å²) in [5, 5.41) is 0. The second-order valence-electron chi connectivity index (χ2n) is 5.29. The van der Waals surface area contributed by atoms with Crippen LogP contribution in [-0.4, -0.2) is 47.0 Å². The molecular weight excluding hydrogens is 214 g/mol. The Morgan fingerprint density at radius 3 is 3.06 bits per heavy atom. The van der Waals surface area contributed by atoms with Crippen LogP contribution in [0.4, 0.5) is 0 Å². The minimum absolute atomic E-state index is 0.772. The summed E-state index contributed by atoms with van der Waals surface area (Å²) < 4.78 is 5.57. The molecule has 3 rings (SSSR count). The highest BCUT2D eigenvalue weighted by Crippen LogP contribution is 2.22. The van der Waals surface area contributed by atoms with Gasteiger partial charge in [-0.25, -0.2) is 4.98 Å². The molecule has 3 heterocycles. The lowest BCUT2D eigenvalue weighted by Gasteiger charge is -2.24. The molecule has 17 heavy (non-hydrogen) atoms. The highest BCUT2D eigenvalue weighted by molar-refractivity contribution is 4.92. The third-order valence-corrected chi connectivity index (χ3v) is 3.92. The van der Waals surface area contributed by atoms with E-state index in [9.17, 15) is 0 Å². The molecule has 94 valence electrons. The van der Waals surface area contributed by atoms with Crippen LogP contribution in [-0.2, 0) is 6.54 Å². The zero-order chi connectivity index (χ0) is 11.7. The molecule has 2 aliphatic heterocycles. The summed E-state index contributed by atoms with van der Waals surface area (Å²) in [6, 6.07) is 0.772. The second-order valence-corrected chi connectivity index (χ2v) is 5.29. The smallest absolute Gasteiger partial charge is 0.208 e. The van der Waals surface area contributed by atoms with Crippen molar-refractivity contribution in [2.45, 2.75) is 38.8 Å². The molecule has 0 N–H and O–H groups in total. The Labute approximate surface area is 103 Å². The lowest BCUT2D eigenvalue weighted by atomic mass is 10.2. The monoisotopic (exact) mass is 235 g/mol. The second kappa shape index (κ2) is 4.78. The van der Waals surface area contributed by atoms with Crippen molar-refractivity contribution in [1.29, 1.82) is 0 Å². The molecule has 2 fully saturated rings. The molecule has 4 nitrogen and oxygen atoms in total. The number of fused-ring (bicyclic) bond motifs is 1. The van der Waals surface area contributed by atoms with E-state index in [1.165, 1.54) is 45.4 Å². The number of rotatable bonds is 2. The van der Waals surface area contributed by atoms with Crippen molar-refractivity contribution in [3.05, 3.63) is 17.8 Å². The SMILES string of the molecule is Cc1cnc(CN2CCCN3CCCC3C2)o1. The van der Waals surface area contributed by atoms with Gasteiger partial charge >= 0.3 is 0 Å². The summed E-state index contributed by atoms with van der Waals surface area (Å²) in [4.78, 5) is 9.46. The molecule has 2 saturated heterocycles. The lowest BCUT2D eigenvalue weighted by molar-refractivity contribution is 0.202. The highest BCUT2D eigenvalue weighted by atomic mass is 16.4. The van der Waals surface area contributed by atoms with Crippen LogP contribution < -0.4 is 0 Å². The predicted octanol–water partition coefficient (Wildman–Crippen LogP) is 1.65. The van der Waals surface area contributed by atoms with E-state index < -0.39 is 0 Å². The minimum atomic E-state index is 0.772. The van der Waals surface area contributed by atoms with Crippen LogP contribution in [0.1, 0.15) is 30.9 Å². The third-order valence-electron chi connectivity index (χ3n) is 3.92. The van der Waals surface area contributed by atoms with Crippen molar-refractivity contribution in [2.24, 2.45) is 0 Å². The molecule has 1 aromatic heterocycles. The summed E-state index contributed by atoms with van der Waals surface area (Å²) in [7, 11) is 0. The quantitative estimate of drug-likeness (QED) is 0.780. The van der Waals surface area contributed by atoms with E-state index in [4.69, 9.17) is 4.42 Å². The van der Waals surface area contributed by atoms with Crippen LogP contribution in [0.2, 0.25) is 0 Å². The van der Waals surface area contributed by atoms with Gasteiger partial charge in [0.2, 0.25) is 5.89 Å². The topological polar surface area (TPSA) is 32.5 Å². The molecule has 0 aliphatic carbocycles. The Balaban J connectivity index is 1.63. The van der Waals surface area contributed by atoms with E-state index in [1.54, 1.807) is 0 Å². The van der Waals surface area contributed by atoms with Crippen LogP contribution in [0, 0.1) is 6.92 Å². The van der Waals surface area contributed by atoms with Crippen LogP contribution in [0.5, 0.6) is 0 Å². The maximum atomic E-state index is 5.57. The van der Waals surface area contributed by atoms with Gasteiger partial charge in [0.1, 0.15) is 5.76 Å². The Kier molecular flexibility index (Phi) is 3.16. The van der Waals surface area contributed by atoms with Crippen LogP contribution >= 0.6 is 0 Å². The molecule has 1 unspecified atom stereocenters. The van der Waals surface area contributed by atoms with Gasteiger partial charge in [-0.15, -0.1) is 0 Å². The standard InChI is InChI=1S/C13H21N3O/c1-11-8-14-13(17-11)10-15-5-3-7-16-6-2-4-12(16)9-15/h8,12H,2-7,9-10H2,1H3. The van der Waals surface area contributed by atoms with Gasteiger partial charge in [-0.05, 0) is 45.8 Å². The first-order valence-corrected chi connectivity index (χ1v) is 6.69. The summed E-state index contributed by atoms with van der Waals surface area (Å²) in [6.07, 6.45) is 5.82. The Hall–Kier alpha value is -0.870. The van der Waals surface area contributed by atoms with Gasteiger partial charge in [-0.3, -0.25) is 9.80 Å². The maximum Gasteiger partial charge on any atom is 0.208 e. The highest BCUT2D eigenvalue weighted by Gasteiger charge is 2.28. The normalized spacial score (nSPS) is 27.0. The van der Waals surface area contributed by atoms with E-state index in [0.29, 0.717) is 0 Å². The van der Waals surface area contributed by atoms with Crippen LogP contribution in [0.25, 0.3) is 0 Å². The number of hydrogen-bond acceptors (Lipinski definition) is 4. The van der Waals surface area contributed by atoms with Crippen LogP contribution in [0.15, 0.2) is 10.6 Å². The van der Waals surface area contributed by atoms with Crippen LogP contribution in [0.3, 0.4) is 0 Å². The average molecular weight is 235 g/mol. The first kappa shape index (κ1) is 11.2. The maximum absolute atomic E-state index is 5.57. The number of aryl methyl sites for hydroxylation is 1. The van der Waals surface area contributed by atoms with Crippen molar-refractivity contribution in [1.82, 2.24) is 14.8 Å². The molecule has 2 aliphatic rings. The van der Waals surface area contributed by atoms with Crippen molar-refractivity contribution in [3.8, 4) is 0 Å². The fourth-order valence-electron chi connectivity index (χ4n) is 3.09. The number of hydrogen-bond donors (Lipinski definition) is 0. The van der Waals surface area contributed by atoms with Gasteiger partial charge in [-0.2, -0.15) is 0 Å². The van der Waals surface area contributed by atoms with Gasteiger partial charge in [-0.1, -0.05) is 0 Å². The van der Waals surface area contributed by atoms with E-state index in [2.05, 4.69) is 14.8 Å². The molecule has 0 saturated carbocycles. The fourth-order valence-corrected chi connectivity index (χ4v) is 3.09. The summed E-state index contributed by atoms with van der Waals surface area (Å²) in [5.74, 6) is 1.78. The first-order chi connectivity index (χ1) is 8.31. The van der Waals surface area contributed by atoms with Crippen molar-refractivity contribution >= 4 is 0 Å². The molecule has 4 heteroatoms. The molecule has 0 amide bonds. The lowest BCUT2D eigenvalue weighted by Crippen LogP contribution is -2.36. The van der Waals surface area contributed by atoms with Gasteiger partial charge in [0.25, 0.3) is 0 Å². The van der Waals surface area contributed by atoms with E-state index in [0.717, 1.165) is 24.2 Å². The minimum Gasteiger partial charge on any atom is -0.445 e. The summed E-state index contributed by atoms with van der Waals surface area (Å²) >= 11 is 0. The van der Waals surface area contributed by atoms with Gasteiger partial charge < -0.3 is 4.42 Å².